The predicted molar refractivity (Wildman–Crippen MR) is 97.6 cm³/mol. The molecule has 5 nitrogen and oxygen atoms in total. The van der Waals surface area contributed by atoms with Gasteiger partial charge in [0, 0.05) is 24.1 Å². The molecular weight excluding hydrogens is 322 g/mol. The number of hydrogen-bond acceptors (Lipinski definition) is 6. The molecule has 0 bridgehead atoms. The van der Waals surface area contributed by atoms with Crippen LogP contribution in [0.1, 0.15) is 24.1 Å². The highest BCUT2D eigenvalue weighted by atomic mass is 32.2. The van der Waals surface area contributed by atoms with Gasteiger partial charge in [-0.05, 0) is 49.9 Å². The number of aryl methyl sites for hydroxylation is 1. The van der Waals surface area contributed by atoms with E-state index in [2.05, 4.69) is 5.32 Å². The molecule has 3 rings (SSSR count). The van der Waals surface area contributed by atoms with Crippen LogP contribution in [0, 0.1) is 0 Å². The second-order valence-corrected chi connectivity index (χ2v) is 6.74. The summed E-state index contributed by atoms with van der Waals surface area (Å²) in [6, 6.07) is 7.91. The van der Waals surface area contributed by atoms with E-state index in [1.54, 1.807) is 26.0 Å². The third-order valence-corrected chi connectivity index (χ3v) is 4.85. The van der Waals surface area contributed by atoms with Gasteiger partial charge in [0.1, 0.15) is 11.6 Å². The number of methoxy groups -OCH3 is 2. The molecule has 0 atom stereocenters. The average Bonchev–Trinajstić information content (AvgIpc) is 2.63. The molecule has 0 aliphatic heterocycles. The zero-order valence-electron chi connectivity index (χ0n) is 14.2. The van der Waals surface area contributed by atoms with Gasteiger partial charge in [-0.2, -0.15) is 0 Å². The molecule has 128 valence electrons. The van der Waals surface area contributed by atoms with Crippen molar-refractivity contribution in [2.24, 2.45) is 0 Å². The van der Waals surface area contributed by atoms with Crippen molar-refractivity contribution in [3.8, 4) is 5.75 Å². The highest BCUT2D eigenvalue weighted by molar-refractivity contribution is 7.99. The predicted octanol–water partition coefficient (Wildman–Crippen LogP) is 3.85. The highest BCUT2D eigenvalue weighted by Crippen LogP contribution is 2.30. The Labute approximate surface area is 147 Å². The van der Waals surface area contributed by atoms with Crippen molar-refractivity contribution in [3.63, 3.8) is 0 Å². The lowest BCUT2D eigenvalue weighted by Crippen LogP contribution is -2.12. The minimum Gasteiger partial charge on any atom is -0.497 e. The molecule has 1 N–H and O–H groups in total. The van der Waals surface area contributed by atoms with Crippen LogP contribution in [0.4, 0.5) is 11.5 Å². The number of nitrogens with one attached hydrogen (secondary N) is 1. The van der Waals surface area contributed by atoms with Crippen molar-refractivity contribution in [3.05, 3.63) is 35.5 Å². The van der Waals surface area contributed by atoms with Gasteiger partial charge in [-0.15, -0.1) is 0 Å². The summed E-state index contributed by atoms with van der Waals surface area (Å²) in [6.07, 6.45) is 4.47. The zero-order chi connectivity index (χ0) is 16.8. The lowest BCUT2D eigenvalue weighted by Gasteiger charge is -2.19. The molecule has 0 unspecified atom stereocenters. The zero-order valence-corrected chi connectivity index (χ0v) is 15.0. The lowest BCUT2D eigenvalue weighted by atomic mass is 9.96. The first-order chi connectivity index (χ1) is 11.8. The van der Waals surface area contributed by atoms with Crippen LogP contribution in [-0.4, -0.2) is 36.5 Å². The van der Waals surface area contributed by atoms with Gasteiger partial charge < -0.3 is 14.8 Å². The van der Waals surface area contributed by atoms with E-state index in [1.165, 1.54) is 24.1 Å². The molecule has 0 fully saturated rings. The Bertz CT molecular complexity index is 677. The van der Waals surface area contributed by atoms with E-state index in [1.807, 2.05) is 24.3 Å². The Kier molecular flexibility index (Phi) is 5.93. The topological polar surface area (TPSA) is 56.3 Å². The van der Waals surface area contributed by atoms with Crippen LogP contribution in [0.25, 0.3) is 0 Å². The van der Waals surface area contributed by atoms with Crippen LogP contribution in [0.3, 0.4) is 0 Å². The summed E-state index contributed by atoms with van der Waals surface area (Å²) in [6.45, 7) is 0.701. The van der Waals surface area contributed by atoms with Crippen LogP contribution in [0.15, 0.2) is 29.4 Å². The fraction of sp³-hybridized carbons (Fsp3) is 0.444. The fourth-order valence-corrected chi connectivity index (χ4v) is 3.53. The van der Waals surface area contributed by atoms with Crippen molar-refractivity contribution in [1.82, 2.24) is 9.97 Å². The highest BCUT2D eigenvalue weighted by Gasteiger charge is 2.18. The number of ether oxygens (including phenoxy) is 2. The van der Waals surface area contributed by atoms with Crippen LogP contribution in [-0.2, 0) is 17.6 Å². The average molecular weight is 345 g/mol. The van der Waals surface area contributed by atoms with Crippen LogP contribution >= 0.6 is 11.8 Å². The van der Waals surface area contributed by atoms with Gasteiger partial charge in [0.25, 0.3) is 0 Å². The van der Waals surface area contributed by atoms with Crippen LogP contribution < -0.4 is 10.1 Å². The molecule has 1 heterocycles. The second kappa shape index (κ2) is 8.35. The Morgan fingerprint density at radius 3 is 2.62 bits per heavy atom. The van der Waals surface area contributed by atoms with Gasteiger partial charge in [0.05, 0.1) is 19.4 Å². The van der Waals surface area contributed by atoms with Crippen molar-refractivity contribution < 1.29 is 9.47 Å². The first-order valence-corrected chi connectivity index (χ1v) is 9.21. The second-order valence-electron chi connectivity index (χ2n) is 5.68. The SMILES string of the molecule is COCCSc1nc2c(c(Nc3ccc(OC)cc3)n1)CCCC2. The molecule has 1 aliphatic carbocycles. The maximum absolute atomic E-state index is 5.22. The molecule has 1 aromatic carbocycles. The third kappa shape index (κ3) is 4.19. The summed E-state index contributed by atoms with van der Waals surface area (Å²) < 4.78 is 10.3. The number of nitrogens with zero attached hydrogens (tertiary/aromatic N) is 2. The molecule has 2 aromatic rings. The molecule has 1 aromatic heterocycles. The van der Waals surface area contributed by atoms with Gasteiger partial charge >= 0.3 is 0 Å². The molecule has 1 aliphatic rings. The number of rotatable bonds is 7. The van der Waals surface area contributed by atoms with E-state index in [0.717, 1.165) is 41.0 Å². The standard InChI is InChI=1S/C18H23N3O2S/c1-22-11-12-24-18-20-16-6-4-3-5-15(16)17(21-18)19-13-7-9-14(23-2)10-8-13/h7-10H,3-6,11-12H2,1-2H3,(H,19,20,21). The number of aromatic nitrogens is 2. The third-order valence-electron chi connectivity index (χ3n) is 4.03. The van der Waals surface area contributed by atoms with E-state index < -0.39 is 0 Å². The minimum absolute atomic E-state index is 0.701. The fourth-order valence-electron chi connectivity index (χ4n) is 2.77. The summed E-state index contributed by atoms with van der Waals surface area (Å²) in [5.41, 5.74) is 3.45. The van der Waals surface area contributed by atoms with Gasteiger partial charge in [-0.1, -0.05) is 11.8 Å². The van der Waals surface area contributed by atoms with Crippen molar-refractivity contribution in [1.29, 1.82) is 0 Å². The molecule has 24 heavy (non-hydrogen) atoms. The van der Waals surface area contributed by atoms with E-state index >= 15 is 0 Å². The van der Waals surface area contributed by atoms with Gasteiger partial charge in [0.2, 0.25) is 0 Å². The molecule has 6 heteroatoms. The Balaban J connectivity index is 1.84. The van der Waals surface area contributed by atoms with E-state index in [4.69, 9.17) is 19.4 Å². The van der Waals surface area contributed by atoms with Gasteiger partial charge in [-0.3, -0.25) is 0 Å². The van der Waals surface area contributed by atoms with Crippen LogP contribution in [0.5, 0.6) is 5.75 Å². The molecule has 0 saturated heterocycles. The first-order valence-electron chi connectivity index (χ1n) is 8.22. The maximum Gasteiger partial charge on any atom is 0.189 e. The quantitative estimate of drug-likeness (QED) is 0.467. The van der Waals surface area contributed by atoms with Crippen molar-refractivity contribution in [2.75, 3.05) is 31.9 Å². The summed E-state index contributed by atoms with van der Waals surface area (Å²) in [5.74, 6) is 2.64. The largest absolute Gasteiger partial charge is 0.497 e. The summed E-state index contributed by atoms with van der Waals surface area (Å²) >= 11 is 1.64. The number of hydrogen-bond donors (Lipinski definition) is 1. The normalized spacial score (nSPS) is 13.4. The molecule has 0 radical (unpaired) electrons. The monoisotopic (exact) mass is 345 g/mol. The van der Waals surface area contributed by atoms with Crippen molar-refractivity contribution in [2.45, 2.75) is 30.8 Å². The number of anilines is 2. The molecule has 0 amide bonds. The molecule has 0 spiro atoms. The molecular formula is C18H23N3O2S. The number of thioether (sulfide) groups is 1. The Hall–Kier alpha value is -1.79. The molecule has 0 saturated carbocycles. The van der Waals surface area contributed by atoms with E-state index in [9.17, 15) is 0 Å². The first kappa shape index (κ1) is 17.0. The van der Waals surface area contributed by atoms with Crippen molar-refractivity contribution >= 4 is 23.3 Å². The number of benzene rings is 1. The van der Waals surface area contributed by atoms with Gasteiger partial charge in [-0.25, -0.2) is 9.97 Å². The van der Waals surface area contributed by atoms with E-state index in [-0.39, 0.29) is 0 Å². The summed E-state index contributed by atoms with van der Waals surface area (Å²) in [5, 5.41) is 4.29. The van der Waals surface area contributed by atoms with Gasteiger partial charge in [0.15, 0.2) is 5.16 Å². The minimum atomic E-state index is 0.701. The maximum atomic E-state index is 5.22. The van der Waals surface area contributed by atoms with Crippen LogP contribution in [0.2, 0.25) is 0 Å². The lowest BCUT2D eigenvalue weighted by molar-refractivity contribution is 0.218. The Morgan fingerprint density at radius 2 is 1.88 bits per heavy atom. The Morgan fingerprint density at radius 1 is 1.08 bits per heavy atom. The summed E-state index contributed by atoms with van der Waals surface area (Å²) in [7, 11) is 3.39. The van der Waals surface area contributed by atoms with E-state index in [0.29, 0.717) is 6.61 Å². The summed E-state index contributed by atoms with van der Waals surface area (Å²) in [4.78, 5) is 9.50. The number of fused-ring (bicyclic) bond motifs is 1. The smallest absolute Gasteiger partial charge is 0.189 e.